The van der Waals surface area contributed by atoms with E-state index in [1.165, 1.54) is 0 Å². The average molecular weight is 282 g/mol. The highest BCUT2D eigenvalue weighted by Crippen LogP contribution is 2.38. The zero-order valence-electron chi connectivity index (χ0n) is 10.6. The zero-order valence-corrected chi connectivity index (χ0v) is 11.4. The molecule has 0 bridgehead atoms. The number of halogens is 1. The third kappa shape index (κ3) is 2.36. The van der Waals surface area contributed by atoms with Gasteiger partial charge in [0.05, 0.1) is 25.2 Å². The molecule has 1 aromatic carbocycles. The maximum Gasteiger partial charge on any atom is 0.228 e. The van der Waals surface area contributed by atoms with E-state index >= 15 is 0 Å². The van der Waals surface area contributed by atoms with Gasteiger partial charge in [-0.05, 0) is 36.6 Å². The van der Waals surface area contributed by atoms with Crippen molar-refractivity contribution in [1.29, 1.82) is 0 Å². The Labute approximate surface area is 116 Å². The van der Waals surface area contributed by atoms with E-state index in [0.29, 0.717) is 23.6 Å². The summed E-state index contributed by atoms with van der Waals surface area (Å²) in [6, 6.07) is 3.56. The van der Waals surface area contributed by atoms with Crippen molar-refractivity contribution in [2.45, 2.75) is 32.0 Å². The van der Waals surface area contributed by atoms with E-state index in [2.05, 4.69) is 5.32 Å². The molecule has 4 nitrogen and oxygen atoms in total. The second kappa shape index (κ2) is 4.78. The third-order valence-corrected chi connectivity index (χ3v) is 4.17. The van der Waals surface area contributed by atoms with Gasteiger partial charge >= 0.3 is 0 Å². The van der Waals surface area contributed by atoms with Gasteiger partial charge in [-0.2, -0.15) is 0 Å². The number of hydrogen-bond acceptors (Lipinski definition) is 3. The molecule has 19 heavy (non-hydrogen) atoms. The molecule has 2 heterocycles. The van der Waals surface area contributed by atoms with Gasteiger partial charge in [-0.1, -0.05) is 11.6 Å². The van der Waals surface area contributed by atoms with Crippen LogP contribution in [0.15, 0.2) is 12.1 Å². The van der Waals surface area contributed by atoms with E-state index in [-0.39, 0.29) is 17.9 Å². The number of ether oxygens (including phenoxy) is 1. The molecule has 1 aromatic rings. The number of carbonyl (C=O) groups is 1. The fourth-order valence-electron chi connectivity index (χ4n) is 2.82. The van der Waals surface area contributed by atoms with Crippen molar-refractivity contribution >= 4 is 23.2 Å². The van der Waals surface area contributed by atoms with Gasteiger partial charge in [-0.3, -0.25) is 4.79 Å². The summed E-state index contributed by atoms with van der Waals surface area (Å²) in [6.45, 7) is 2.55. The molecule has 2 aliphatic rings. The van der Waals surface area contributed by atoms with Crippen molar-refractivity contribution in [3.05, 3.63) is 28.3 Å². The third-order valence-electron chi connectivity index (χ3n) is 3.84. The molecule has 2 aliphatic heterocycles. The molecule has 1 fully saturated rings. The minimum atomic E-state index is -0.640. The van der Waals surface area contributed by atoms with E-state index in [9.17, 15) is 9.90 Å². The Kier molecular flexibility index (Phi) is 3.25. The fraction of sp³-hybridized carbons (Fsp3) is 0.500. The maximum atomic E-state index is 11.4. The van der Waals surface area contributed by atoms with E-state index in [0.717, 1.165) is 17.7 Å². The first-order chi connectivity index (χ1) is 9.04. The van der Waals surface area contributed by atoms with Gasteiger partial charge in [0.25, 0.3) is 0 Å². The summed E-state index contributed by atoms with van der Waals surface area (Å²) >= 11 is 6.21. The number of aliphatic hydroxyl groups is 1. The molecular weight excluding hydrogens is 266 g/mol. The highest BCUT2D eigenvalue weighted by Gasteiger charge is 2.31. The van der Waals surface area contributed by atoms with Crippen LogP contribution in [0.1, 0.15) is 30.6 Å². The molecule has 2 N–H and O–H groups in total. The molecule has 0 aromatic heterocycles. The predicted molar refractivity (Wildman–Crippen MR) is 72.3 cm³/mol. The highest BCUT2D eigenvalue weighted by molar-refractivity contribution is 6.32. The smallest absolute Gasteiger partial charge is 0.228 e. The number of fused-ring (bicyclic) bond motifs is 1. The molecule has 0 aliphatic carbocycles. The molecule has 1 amide bonds. The average Bonchev–Trinajstić information content (AvgIpc) is 2.92. The SMILES string of the molecule is CC1CC(C(O)c2cc3c(cc2Cl)NC(=O)C3)CO1. The number of rotatable bonds is 2. The lowest BCUT2D eigenvalue weighted by atomic mass is 9.92. The number of amides is 1. The minimum Gasteiger partial charge on any atom is -0.388 e. The van der Waals surface area contributed by atoms with E-state index in [1.807, 2.05) is 13.0 Å². The van der Waals surface area contributed by atoms with Gasteiger partial charge in [-0.25, -0.2) is 0 Å². The zero-order chi connectivity index (χ0) is 13.6. The van der Waals surface area contributed by atoms with Crippen LogP contribution in [0.3, 0.4) is 0 Å². The van der Waals surface area contributed by atoms with Crippen LogP contribution in [0.5, 0.6) is 0 Å². The van der Waals surface area contributed by atoms with E-state index in [1.54, 1.807) is 6.07 Å². The summed E-state index contributed by atoms with van der Waals surface area (Å²) in [5.41, 5.74) is 2.34. The second-order valence-corrected chi connectivity index (χ2v) is 5.75. The van der Waals surface area contributed by atoms with Crippen molar-refractivity contribution in [3.63, 3.8) is 0 Å². The van der Waals surface area contributed by atoms with Crippen LogP contribution in [-0.2, 0) is 16.0 Å². The molecule has 0 saturated carbocycles. The number of carbonyl (C=O) groups excluding carboxylic acids is 1. The van der Waals surface area contributed by atoms with Gasteiger partial charge in [0.15, 0.2) is 0 Å². The summed E-state index contributed by atoms with van der Waals surface area (Å²) < 4.78 is 5.49. The van der Waals surface area contributed by atoms with Crippen LogP contribution in [0.4, 0.5) is 5.69 Å². The first-order valence-corrected chi connectivity index (χ1v) is 6.84. The Bertz CT molecular complexity index is 532. The molecule has 1 saturated heterocycles. The lowest BCUT2D eigenvalue weighted by molar-refractivity contribution is -0.115. The Morgan fingerprint density at radius 3 is 3.00 bits per heavy atom. The van der Waals surface area contributed by atoms with Crippen LogP contribution >= 0.6 is 11.6 Å². The molecule has 3 rings (SSSR count). The predicted octanol–water partition coefficient (Wildman–Crippen LogP) is 2.29. The van der Waals surface area contributed by atoms with Crippen molar-refractivity contribution in [2.75, 3.05) is 11.9 Å². The topological polar surface area (TPSA) is 58.6 Å². The van der Waals surface area contributed by atoms with Crippen LogP contribution in [-0.4, -0.2) is 23.7 Å². The number of hydrogen-bond donors (Lipinski definition) is 2. The second-order valence-electron chi connectivity index (χ2n) is 5.34. The first kappa shape index (κ1) is 12.9. The Morgan fingerprint density at radius 1 is 1.53 bits per heavy atom. The quantitative estimate of drug-likeness (QED) is 0.874. The van der Waals surface area contributed by atoms with Gasteiger partial charge in [0.2, 0.25) is 5.91 Å². The first-order valence-electron chi connectivity index (χ1n) is 6.46. The molecule has 0 radical (unpaired) electrons. The molecule has 5 heteroatoms. The van der Waals surface area contributed by atoms with Crippen LogP contribution in [0.2, 0.25) is 5.02 Å². The van der Waals surface area contributed by atoms with Crippen molar-refractivity contribution in [1.82, 2.24) is 0 Å². The summed E-state index contributed by atoms with van der Waals surface area (Å²) in [4.78, 5) is 11.4. The van der Waals surface area contributed by atoms with Crippen molar-refractivity contribution < 1.29 is 14.6 Å². The van der Waals surface area contributed by atoms with Crippen molar-refractivity contribution in [3.8, 4) is 0 Å². The monoisotopic (exact) mass is 281 g/mol. The van der Waals surface area contributed by atoms with E-state index < -0.39 is 6.10 Å². The molecule has 102 valence electrons. The maximum absolute atomic E-state index is 11.4. The normalized spacial score (nSPS) is 27.2. The largest absolute Gasteiger partial charge is 0.388 e. The molecule has 3 atom stereocenters. The molecule has 0 spiro atoms. The van der Waals surface area contributed by atoms with Gasteiger partial charge < -0.3 is 15.2 Å². The number of nitrogens with one attached hydrogen (secondary N) is 1. The standard InChI is InChI=1S/C14H16ClNO3/c1-7-2-9(6-19-7)14(18)10-3-8-4-13(17)16-12(8)5-11(10)15/h3,5,7,9,14,18H,2,4,6H2,1H3,(H,16,17). The lowest BCUT2D eigenvalue weighted by Crippen LogP contribution is -2.13. The fourth-order valence-corrected chi connectivity index (χ4v) is 3.09. The lowest BCUT2D eigenvalue weighted by Gasteiger charge is -2.19. The summed E-state index contributed by atoms with van der Waals surface area (Å²) in [7, 11) is 0. The van der Waals surface area contributed by atoms with Crippen LogP contribution in [0, 0.1) is 5.92 Å². The van der Waals surface area contributed by atoms with E-state index in [4.69, 9.17) is 16.3 Å². The summed E-state index contributed by atoms with van der Waals surface area (Å²) in [5.74, 6) is 0.0335. The number of benzene rings is 1. The Morgan fingerprint density at radius 2 is 2.32 bits per heavy atom. The Balaban J connectivity index is 1.89. The summed E-state index contributed by atoms with van der Waals surface area (Å²) in [5, 5.41) is 13.7. The van der Waals surface area contributed by atoms with Crippen LogP contribution in [0.25, 0.3) is 0 Å². The van der Waals surface area contributed by atoms with Gasteiger partial charge in [0.1, 0.15) is 0 Å². The highest BCUT2D eigenvalue weighted by atomic mass is 35.5. The van der Waals surface area contributed by atoms with Crippen molar-refractivity contribution in [2.24, 2.45) is 5.92 Å². The Hall–Kier alpha value is -1.10. The van der Waals surface area contributed by atoms with Crippen LogP contribution < -0.4 is 5.32 Å². The minimum absolute atomic E-state index is 0.0319. The number of anilines is 1. The molecular formula is C14H16ClNO3. The molecule has 3 unspecified atom stereocenters. The summed E-state index contributed by atoms with van der Waals surface area (Å²) in [6.07, 6.45) is 0.713. The van der Waals surface area contributed by atoms with Gasteiger partial charge in [-0.15, -0.1) is 0 Å². The number of aliphatic hydroxyl groups excluding tert-OH is 1. The van der Waals surface area contributed by atoms with Gasteiger partial charge in [0, 0.05) is 16.6 Å².